The number of hydrogen-bond donors (Lipinski definition) is 2. The van der Waals surface area contributed by atoms with Crippen molar-refractivity contribution in [3.05, 3.63) is 66.2 Å². The second-order valence-corrected chi connectivity index (χ2v) is 8.49. The molecule has 0 aromatic heterocycles. The van der Waals surface area contributed by atoms with Crippen LogP contribution in [-0.2, 0) is 19.6 Å². The van der Waals surface area contributed by atoms with Crippen molar-refractivity contribution in [2.24, 2.45) is 11.1 Å². The van der Waals surface area contributed by atoms with E-state index in [2.05, 4.69) is 5.32 Å². The van der Waals surface area contributed by atoms with Crippen molar-refractivity contribution in [2.75, 3.05) is 18.4 Å². The van der Waals surface area contributed by atoms with Crippen molar-refractivity contribution in [1.82, 2.24) is 4.90 Å². The Morgan fingerprint density at radius 1 is 1.07 bits per heavy atom. The molecule has 7 nitrogen and oxygen atoms in total. The molecule has 1 unspecified atom stereocenters. The average Bonchev–Trinajstić information content (AvgIpc) is 2.72. The Morgan fingerprint density at radius 3 is 2.41 bits per heavy atom. The molecule has 0 bridgehead atoms. The molecule has 8 heteroatoms. The van der Waals surface area contributed by atoms with Crippen LogP contribution in [0.5, 0.6) is 0 Å². The SMILES string of the molecule is NS(=O)(=O)c1ccc(/C=C/C(=O)N2CCCC(C(=O)Nc3ccccc3)C2)cc1. The number of nitrogens with zero attached hydrogens (tertiary/aromatic N) is 1. The number of carbonyl (C=O) groups is 2. The fourth-order valence-corrected chi connectivity index (χ4v) is 3.71. The summed E-state index contributed by atoms with van der Waals surface area (Å²) in [5, 5.41) is 7.97. The molecule has 1 aliphatic rings. The molecular weight excluding hydrogens is 390 g/mol. The summed E-state index contributed by atoms with van der Waals surface area (Å²) in [6.45, 7) is 0.967. The number of sulfonamides is 1. The maximum absolute atomic E-state index is 12.5. The summed E-state index contributed by atoms with van der Waals surface area (Å²) in [6.07, 6.45) is 4.54. The van der Waals surface area contributed by atoms with Crippen LogP contribution in [0.2, 0.25) is 0 Å². The molecule has 2 aromatic rings. The number of piperidine rings is 1. The summed E-state index contributed by atoms with van der Waals surface area (Å²) in [7, 11) is -3.74. The van der Waals surface area contributed by atoms with Gasteiger partial charge in [0.25, 0.3) is 0 Å². The van der Waals surface area contributed by atoms with Crippen LogP contribution in [0.1, 0.15) is 18.4 Å². The quantitative estimate of drug-likeness (QED) is 0.733. The van der Waals surface area contributed by atoms with Crippen LogP contribution in [-0.4, -0.2) is 38.2 Å². The van der Waals surface area contributed by atoms with E-state index in [4.69, 9.17) is 5.14 Å². The molecule has 1 atom stereocenters. The molecule has 0 radical (unpaired) electrons. The molecule has 0 saturated carbocycles. The molecule has 1 aliphatic heterocycles. The number of nitrogens with one attached hydrogen (secondary N) is 1. The molecule has 29 heavy (non-hydrogen) atoms. The highest BCUT2D eigenvalue weighted by Gasteiger charge is 2.27. The van der Waals surface area contributed by atoms with Gasteiger partial charge in [0.1, 0.15) is 0 Å². The second kappa shape index (κ2) is 9.02. The largest absolute Gasteiger partial charge is 0.338 e. The van der Waals surface area contributed by atoms with Crippen LogP contribution >= 0.6 is 0 Å². The standard InChI is InChI=1S/C21H23N3O4S/c22-29(27,28)19-11-8-16(9-12-19)10-13-20(25)24-14-4-5-17(15-24)21(26)23-18-6-2-1-3-7-18/h1-3,6-13,17H,4-5,14-15H2,(H,23,26)(H2,22,27,28)/b13-10+. The molecule has 1 saturated heterocycles. The summed E-state index contributed by atoms with van der Waals surface area (Å²) in [5.41, 5.74) is 1.42. The maximum atomic E-state index is 12.5. The molecule has 152 valence electrons. The Bertz CT molecular complexity index is 1000. The Morgan fingerprint density at radius 2 is 1.76 bits per heavy atom. The fourth-order valence-electron chi connectivity index (χ4n) is 3.20. The Hall–Kier alpha value is -2.97. The van der Waals surface area contributed by atoms with Crippen LogP contribution < -0.4 is 10.5 Å². The topological polar surface area (TPSA) is 110 Å². The zero-order valence-corrected chi connectivity index (χ0v) is 16.6. The number of hydrogen-bond acceptors (Lipinski definition) is 4. The fraction of sp³-hybridized carbons (Fsp3) is 0.238. The van der Waals surface area contributed by atoms with Gasteiger partial charge in [-0.1, -0.05) is 30.3 Å². The molecule has 1 heterocycles. The number of rotatable bonds is 5. The predicted molar refractivity (Wildman–Crippen MR) is 111 cm³/mol. The molecule has 3 rings (SSSR count). The van der Waals surface area contributed by atoms with Crippen molar-refractivity contribution in [3.8, 4) is 0 Å². The van der Waals surface area contributed by atoms with E-state index in [0.29, 0.717) is 18.7 Å². The van der Waals surface area contributed by atoms with E-state index in [1.165, 1.54) is 18.2 Å². The third-order valence-electron chi connectivity index (χ3n) is 4.77. The summed E-state index contributed by atoms with van der Waals surface area (Å²) in [6, 6.07) is 15.2. The number of primary sulfonamides is 1. The van der Waals surface area contributed by atoms with Gasteiger partial charge in [-0.3, -0.25) is 9.59 Å². The minimum absolute atomic E-state index is 0.0178. The number of amides is 2. The number of likely N-dealkylation sites (tertiary alicyclic amines) is 1. The summed E-state index contributed by atoms with van der Waals surface area (Å²) < 4.78 is 22.6. The molecule has 2 amide bonds. The van der Waals surface area contributed by atoms with Crippen LogP contribution in [0.4, 0.5) is 5.69 Å². The van der Waals surface area contributed by atoms with E-state index in [9.17, 15) is 18.0 Å². The summed E-state index contributed by atoms with van der Waals surface area (Å²) >= 11 is 0. The van der Waals surface area contributed by atoms with E-state index in [1.807, 2.05) is 30.3 Å². The average molecular weight is 413 g/mol. The lowest BCUT2D eigenvalue weighted by atomic mass is 9.97. The highest BCUT2D eigenvalue weighted by atomic mass is 32.2. The van der Waals surface area contributed by atoms with Crippen molar-refractivity contribution in [2.45, 2.75) is 17.7 Å². The van der Waals surface area contributed by atoms with Crippen molar-refractivity contribution in [3.63, 3.8) is 0 Å². The summed E-state index contributed by atoms with van der Waals surface area (Å²) in [5.74, 6) is -0.524. The first kappa shape index (κ1) is 20.8. The van der Waals surface area contributed by atoms with Crippen molar-refractivity contribution in [1.29, 1.82) is 0 Å². The second-order valence-electron chi connectivity index (χ2n) is 6.93. The third kappa shape index (κ3) is 5.75. The number of nitrogens with two attached hydrogens (primary N) is 1. The number of anilines is 1. The van der Waals surface area contributed by atoms with Crippen LogP contribution in [0.3, 0.4) is 0 Å². The van der Waals surface area contributed by atoms with Gasteiger partial charge in [0.2, 0.25) is 21.8 Å². The maximum Gasteiger partial charge on any atom is 0.246 e. The first-order valence-corrected chi connectivity index (χ1v) is 10.8. The molecule has 1 fully saturated rings. The summed E-state index contributed by atoms with van der Waals surface area (Å²) in [4.78, 5) is 26.7. The minimum atomic E-state index is -3.74. The van der Waals surface area contributed by atoms with Gasteiger partial charge in [-0.15, -0.1) is 0 Å². The van der Waals surface area contributed by atoms with Crippen molar-refractivity contribution >= 4 is 33.6 Å². The number of para-hydroxylation sites is 1. The predicted octanol–water partition coefficient (Wildman–Crippen LogP) is 2.22. The van der Waals surface area contributed by atoms with E-state index >= 15 is 0 Å². The minimum Gasteiger partial charge on any atom is -0.338 e. The smallest absolute Gasteiger partial charge is 0.246 e. The highest BCUT2D eigenvalue weighted by molar-refractivity contribution is 7.89. The monoisotopic (exact) mass is 413 g/mol. The molecule has 0 aliphatic carbocycles. The number of benzene rings is 2. The number of carbonyl (C=O) groups excluding carboxylic acids is 2. The normalized spacial score (nSPS) is 17.3. The molecule has 2 aromatic carbocycles. The van der Waals surface area contributed by atoms with Gasteiger partial charge in [0.05, 0.1) is 10.8 Å². The van der Waals surface area contributed by atoms with Crippen LogP contribution in [0.15, 0.2) is 65.6 Å². The Balaban J connectivity index is 1.59. The van der Waals surface area contributed by atoms with E-state index in [0.717, 1.165) is 18.5 Å². The van der Waals surface area contributed by atoms with Gasteiger partial charge in [0, 0.05) is 24.9 Å². The third-order valence-corrected chi connectivity index (χ3v) is 5.70. The Labute approximate surface area is 170 Å². The lowest BCUT2D eigenvalue weighted by molar-refractivity contribution is -0.130. The van der Waals surface area contributed by atoms with Gasteiger partial charge in [-0.25, -0.2) is 13.6 Å². The first-order valence-electron chi connectivity index (χ1n) is 9.29. The lowest BCUT2D eigenvalue weighted by Crippen LogP contribution is -2.43. The van der Waals surface area contributed by atoms with Crippen molar-refractivity contribution < 1.29 is 18.0 Å². The zero-order valence-electron chi connectivity index (χ0n) is 15.8. The van der Waals surface area contributed by atoms with Gasteiger partial charge < -0.3 is 10.2 Å². The lowest BCUT2D eigenvalue weighted by Gasteiger charge is -2.31. The van der Waals surface area contributed by atoms with Gasteiger partial charge in [-0.2, -0.15) is 0 Å². The van der Waals surface area contributed by atoms with Crippen LogP contribution in [0.25, 0.3) is 6.08 Å². The molecule has 0 spiro atoms. The molecule has 3 N–H and O–H groups in total. The zero-order chi connectivity index (χ0) is 20.9. The van der Waals surface area contributed by atoms with Gasteiger partial charge in [-0.05, 0) is 48.7 Å². The van der Waals surface area contributed by atoms with Gasteiger partial charge >= 0.3 is 0 Å². The molecular formula is C21H23N3O4S. The van der Waals surface area contributed by atoms with Gasteiger partial charge in [0.15, 0.2) is 0 Å². The Kier molecular flexibility index (Phi) is 6.46. The van der Waals surface area contributed by atoms with Crippen LogP contribution in [0, 0.1) is 5.92 Å². The van der Waals surface area contributed by atoms with E-state index in [1.54, 1.807) is 23.1 Å². The van der Waals surface area contributed by atoms with E-state index in [-0.39, 0.29) is 22.6 Å². The van der Waals surface area contributed by atoms with E-state index < -0.39 is 10.0 Å². The first-order chi connectivity index (χ1) is 13.8. The highest BCUT2D eigenvalue weighted by Crippen LogP contribution is 2.19.